The van der Waals surface area contributed by atoms with E-state index in [-0.39, 0.29) is 41.1 Å². The standard InChI is InChI=1S/C17H24O4S/c1-4-14-10-15(18)9-13(3)17(14,19)11-22(20,21)16-7-5-12(2)6-8-16/h5-8,13-14,19H,4,9-11H2,1-3H3/t13-,14+,17-/m0/s1. The third-order valence-electron chi connectivity index (χ3n) is 4.86. The Morgan fingerprint density at radius 3 is 2.36 bits per heavy atom. The van der Waals surface area contributed by atoms with E-state index in [9.17, 15) is 18.3 Å². The van der Waals surface area contributed by atoms with E-state index >= 15 is 0 Å². The highest BCUT2D eigenvalue weighted by molar-refractivity contribution is 7.91. The zero-order chi connectivity index (χ0) is 16.5. The van der Waals surface area contributed by atoms with Gasteiger partial charge in [-0.2, -0.15) is 0 Å². The summed E-state index contributed by atoms with van der Waals surface area (Å²) in [5.74, 6) is -0.865. The minimum atomic E-state index is -3.59. The molecule has 0 radical (unpaired) electrons. The Labute approximate surface area is 132 Å². The number of aliphatic hydroxyl groups is 1. The fourth-order valence-corrected chi connectivity index (χ4v) is 5.19. The van der Waals surface area contributed by atoms with Crippen LogP contribution in [-0.4, -0.2) is 30.7 Å². The highest BCUT2D eigenvalue weighted by atomic mass is 32.2. The second kappa shape index (κ2) is 6.13. The topological polar surface area (TPSA) is 71.4 Å². The molecule has 0 aromatic heterocycles. The van der Waals surface area contributed by atoms with Crippen LogP contribution in [0.5, 0.6) is 0 Å². The van der Waals surface area contributed by atoms with Crippen LogP contribution in [0.15, 0.2) is 29.2 Å². The van der Waals surface area contributed by atoms with E-state index < -0.39 is 15.4 Å². The maximum Gasteiger partial charge on any atom is 0.181 e. The largest absolute Gasteiger partial charge is 0.388 e. The number of rotatable bonds is 4. The summed E-state index contributed by atoms with van der Waals surface area (Å²) in [5.41, 5.74) is -0.354. The Balaban J connectivity index is 2.33. The number of aryl methyl sites for hydroxylation is 1. The van der Waals surface area contributed by atoms with Crippen molar-refractivity contribution in [1.82, 2.24) is 0 Å². The number of sulfone groups is 1. The van der Waals surface area contributed by atoms with Gasteiger partial charge >= 0.3 is 0 Å². The molecular weight excluding hydrogens is 300 g/mol. The van der Waals surface area contributed by atoms with Crippen molar-refractivity contribution in [3.8, 4) is 0 Å². The molecule has 0 saturated heterocycles. The number of benzene rings is 1. The van der Waals surface area contributed by atoms with E-state index in [0.717, 1.165) is 5.56 Å². The minimum absolute atomic E-state index is 0.108. The van der Waals surface area contributed by atoms with Crippen LogP contribution in [0.3, 0.4) is 0 Å². The Morgan fingerprint density at radius 2 is 1.82 bits per heavy atom. The molecule has 0 unspecified atom stereocenters. The monoisotopic (exact) mass is 324 g/mol. The van der Waals surface area contributed by atoms with E-state index in [2.05, 4.69) is 0 Å². The molecule has 0 amide bonds. The van der Waals surface area contributed by atoms with Gasteiger partial charge in [0, 0.05) is 12.8 Å². The summed E-state index contributed by atoms with van der Waals surface area (Å²) in [5, 5.41) is 11.0. The smallest absolute Gasteiger partial charge is 0.181 e. The van der Waals surface area contributed by atoms with E-state index in [1.165, 1.54) is 0 Å². The van der Waals surface area contributed by atoms with Gasteiger partial charge in [-0.25, -0.2) is 8.42 Å². The number of carbonyl (C=O) groups excluding carboxylic acids is 1. The van der Waals surface area contributed by atoms with E-state index in [1.807, 2.05) is 13.8 Å². The first-order chi connectivity index (χ1) is 10.2. The molecule has 1 fully saturated rings. The Bertz CT molecular complexity index is 648. The number of Topliss-reactive ketones (excluding diaryl/α,β-unsaturated/α-hetero) is 1. The number of ketones is 1. The summed E-state index contributed by atoms with van der Waals surface area (Å²) >= 11 is 0. The molecule has 1 aromatic carbocycles. The van der Waals surface area contributed by atoms with Crippen molar-refractivity contribution < 1.29 is 18.3 Å². The van der Waals surface area contributed by atoms with Crippen molar-refractivity contribution in [1.29, 1.82) is 0 Å². The number of hydrogen-bond donors (Lipinski definition) is 1. The molecule has 1 saturated carbocycles. The normalized spacial score (nSPS) is 29.5. The fourth-order valence-electron chi connectivity index (χ4n) is 3.35. The van der Waals surface area contributed by atoms with Gasteiger partial charge in [0.1, 0.15) is 5.78 Å². The summed E-state index contributed by atoms with van der Waals surface area (Å²) in [6.45, 7) is 5.55. The van der Waals surface area contributed by atoms with Crippen molar-refractivity contribution in [2.45, 2.75) is 50.5 Å². The zero-order valence-corrected chi connectivity index (χ0v) is 14.2. The molecular formula is C17H24O4S. The lowest BCUT2D eigenvalue weighted by Gasteiger charge is -2.43. The molecule has 1 N–H and O–H groups in total. The first-order valence-corrected chi connectivity index (χ1v) is 9.37. The second-order valence-corrected chi connectivity index (χ2v) is 8.51. The third kappa shape index (κ3) is 3.25. The second-order valence-electron chi connectivity index (χ2n) is 6.52. The van der Waals surface area contributed by atoms with Gasteiger partial charge < -0.3 is 5.11 Å². The molecule has 4 nitrogen and oxygen atoms in total. The Kier molecular flexibility index (Phi) is 4.78. The molecule has 1 aromatic rings. The van der Waals surface area contributed by atoms with Crippen LogP contribution in [0.25, 0.3) is 0 Å². The average Bonchev–Trinajstić information content (AvgIpc) is 2.43. The summed E-state index contributed by atoms with van der Waals surface area (Å²) in [7, 11) is -3.59. The SMILES string of the molecule is CC[C@@H]1CC(=O)C[C@H](C)[C@@]1(O)CS(=O)(=O)c1ccc(C)cc1. The summed E-state index contributed by atoms with van der Waals surface area (Å²) in [4.78, 5) is 12.0. The van der Waals surface area contributed by atoms with Crippen LogP contribution in [0.1, 0.15) is 38.7 Å². The molecule has 2 rings (SSSR count). The fraction of sp³-hybridized carbons (Fsp3) is 0.588. The van der Waals surface area contributed by atoms with Gasteiger partial charge in [0.25, 0.3) is 0 Å². The summed E-state index contributed by atoms with van der Waals surface area (Å²) in [6, 6.07) is 6.66. The summed E-state index contributed by atoms with van der Waals surface area (Å²) < 4.78 is 25.3. The van der Waals surface area contributed by atoms with Crippen LogP contribution < -0.4 is 0 Å². The molecule has 0 aliphatic heterocycles. The lowest BCUT2D eigenvalue weighted by molar-refractivity contribution is -0.136. The third-order valence-corrected chi connectivity index (χ3v) is 6.70. The van der Waals surface area contributed by atoms with Gasteiger partial charge in [-0.05, 0) is 30.9 Å². The minimum Gasteiger partial charge on any atom is -0.388 e. The first kappa shape index (κ1) is 17.2. The molecule has 122 valence electrons. The lowest BCUT2D eigenvalue weighted by Crippen LogP contribution is -2.53. The maximum absolute atomic E-state index is 12.7. The van der Waals surface area contributed by atoms with Crippen molar-refractivity contribution in [2.75, 3.05) is 5.75 Å². The molecule has 1 aliphatic carbocycles. The van der Waals surface area contributed by atoms with Crippen molar-refractivity contribution in [3.63, 3.8) is 0 Å². The van der Waals surface area contributed by atoms with E-state index in [1.54, 1.807) is 31.2 Å². The molecule has 3 atom stereocenters. The highest BCUT2D eigenvalue weighted by Crippen LogP contribution is 2.40. The van der Waals surface area contributed by atoms with Crippen LogP contribution in [0.4, 0.5) is 0 Å². The predicted molar refractivity (Wildman–Crippen MR) is 85.4 cm³/mol. The zero-order valence-electron chi connectivity index (χ0n) is 13.4. The van der Waals surface area contributed by atoms with Gasteiger partial charge in [-0.15, -0.1) is 0 Å². The Hall–Kier alpha value is -1.20. The average molecular weight is 324 g/mol. The number of hydrogen-bond acceptors (Lipinski definition) is 4. The van der Waals surface area contributed by atoms with Crippen LogP contribution in [0.2, 0.25) is 0 Å². The van der Waals surface area contributed by atoms with Crippen LogP contribution in [-0.2, 0) is 14.6 Å². The highest BCUT2D eigenvalue weighted by Gasteiger charge is 2.48. The van der Waals surface area contributed by atoms with Gasteiger partial charge in [0.05, 0.1) is 16.2 Å². The predicted octanol–water partition coefficient (Wildman–Crippen LogP) is 2.53. The van der Waals surface area contributed by atoms with E-state index in [4.69, 9.17) is 0 Å². The molecule has 1 aliphatic rings. The summed E-state index contributed by atoms with van der Waals surface area (Å²) in [6.07, 6.45) is 1.10. The van der Waals surface area contributed by atoms with Gasteiger partial charge in [-0.3, -0.25) is 4.79 Å². The van der Waals surface area contributed by atoms with Crippen molar-refractivity contribution >= 4 is 15.6 Å². The molecule has 0 spiro atoms. The molecule has 22 heavy (non-hydrogen) atoms. The lowest BCUT2D eigenvalue weighted by atomic mass is 9.68. The Morgan fingerprint density at radius 1 is 1.23 bits per heavy atom. The number of carbonyl (C=O) groups is 1. The van der Waals surface area contributed by atoms with Gasteiger partial charge in [-0.1, -0.05) is 38.0 Å². The van der Waals surface area contributed by atoms with E-state index in [0.29, 0.717) is 6.42 Å². The quantitative estimate of drug-likeness (QED) is 0.924. The molecule has 5 heteroatoms. The van der Waals surface area contributed by atoms with Gasteiger partial charge in [0.2, 0.25) is 0 Å². The first-order valence-electron chi connectivity index (χ1n) is 7.72. The van der Waals surface area contributed by atoms with Crippen LogP contribution >= 0.6 is 0 Å². The van der Waals surface area contributed by atoms with Crippen LogP contribution in [0, 0.1) is 18.8 Å². The molecule has 0 bridgehead atoms. The maximum atomic E-state index is 12.7. The van der Waals surface area contributed by atoms with Gasteiger partial charge in [0.15, 0.2) is 9.84 Å². The van der Waals surface area contributed by atoms with Crippen molar-refractivity contribution in [2.24, 2.45) is 11.8 Å². The van der Waals surface area contributed by atoms with Crippen molar-refractivity contribution in [3.05, 3.63) is 29.8 Å². The molecule has 0 heterocycles.